The van der Waals surface area contributed by atoms with Crippen LogP contribution in [0, 0.1) is 0 Å². The first-order valence-corrected chi connectivity index (χ1v) is 16.8. The maximum absolute atomic E-state index is 14.2. The molecule has 42 heavy (non-hydrogen) atoms. The predicted molar refractivity (Wildman–Crippen MR) is 169 cm³/mol. The lowest BCUT2D eigenvalue weighted by atomic mass is 10.0. The first-order valence-electron chi connectivity index (χ1n) is 13.7. The number of hydrogen-bond acceptors (Lipinski definition) is 5. The van der Waals surface area contributed by atoms with Crippen molar-refractivity contribution in [1.29, 1.82) is 0 Å². The Hall–Kier alpha value is -3.08. The number of carbonyl (C=O) groups excluding carboxylic acids is 2. The van der Waals surface area contributed by atoms with Crippen LogP contribution in [0.15, 0.2) is 77.3 Å². The van der Waals surface area contributed by atoms with E-state index in [9.17, 15) is 18.0 Å². The molecule has 0 radical (unpaired) electrons. The number of amides is 2. The average molecular weight is 677 g/mol. The second kappa shape index (κ2) is 14.4. The van der Waals surface area contributed by atoms with Crippen LogP contribution >= 0.6 is 27.5 Å². The first kappa shape index (κ1) is 31.8. The van der Waals surface area contributed by atoms with E-state index in [2.05, 4.69) is 21.2 Å². The van der Waals surface area contributed by atoms with Crippen LogP contribution in [0.2, 0.25) is 5.02 Å². The summed E-state index contributed by atoms with van der Waals surface area (Å²) in [5.41, 5.74) is 1.90. The van der Waals surface area contributed by atoms with E-state index >= 15 is 0 Å². The molecule has 224 valence electrons. The molecule has 1 N–H and O–H groups in total. The van der Waals surface area contributed by atoms with Crippen molar-refractivity contribution in [2.45, 2.75) is 50.7 Å². The molecule has 1 atom stereocenters. The van der Waals surface area contributed by atoms with Gasteiger partial charge in [-0.05, 0) is 54.3 Å². The van der Waals surface area contributed by atoms with E-state index in [1.165, 1.54) is 24.1 Å². The van der Waals surface area contributed by atoms with Gasteiger partial charge in [0.1, 0.15) is 18.3 Å². The van der Waals surface area contributed by atoms with E-state index in [0.717, 1.165) is 51.8 Å². The van der Waals surface area contributed by atoms with Crippen molar-refractivity contribution in [3.8, 4) is 5.75 Å². The number of sulfonamides is 1. The van der Waals surface area contributed by atoms with Crippen molar-refractivity contribution in [2.75, 3.05) is 24.2 Å². The monoisotopic (exact) mass is 675 g/mol. The Kier molecular flexibility index (Phi) is 10.9. The fourth-order valence-electron chi connectivity index (χ4n) is 5.18. The van der Waals surface area contributed by atoms with Crippen LogP contribution in [0.3, 0.4) is 0 Å². The van der Waals surface area contributed by atoms with Crippen molar-refractivity contribution in [3.63, 3.8) is 0 Å². The summed E-state index contributed by atoms with van der Waals surface area (Å²) in [4.78, 5) is 29.6. The number of ether oxygens (including phenoxy) is 1. The van der Waals surface area contributed by atoms with Gasteiger partial charge in [0.2, 0.25) is 21.8 Å². The summed E-state index contributed by atoms with van der Waals surface area (Å²) in [7, 11) is -2.45. The normalized spacial score (nSPS) is 14.3. The number of carbonyl (C=O) groups is 2. The zero-order valence-corrected chi connectivity index (χ0v) is 26.8. The molecule has 0 saturated heterocycles. The summed E-state index contributed by atoms with van der Waals surface area (Å²) in [5.74, 6) is -0.398. The van der Waals surface area contributed by atoms with Gasteiger partial charge in [-0.25, -0.2) is 8.42 Å². The van der Waals surface area contributed by atoms with Gasteiger partial charge in [0.15, 0.2) is 0 Å². The lowest BCUT2D eigenvalue weighted by Crippen LogP contribution is -2.54. The number of halogens is 2. The molecule has 1 saturated carbocycles. The molecule has 0 heterocycles. The van der Waals surface area contributed by atoms with Gasteiger partial charge >= 0.3 is 0 Å². The van der Waals surface area contributed by atoms with E-state index in [-0.39, 0.29) is 35.6 Å². The molecular formula is C31H35BrClN3O5S. The molecule has 8 nitrogen and oxygen atoms in total. The number of rotatable bonds is 12. The second-order valence-corrected chi connectivity index (χ2v) is 13.7. The molecule has 0 bridgehead atoms. The predicted octanol–water partition coefficient (Wildman–Crippen LogP) is 5.58. The van der Waals surface area contributed by atoms with Gasteiger partial charge in [0, 0.05) is 23.5 Å². The molecule has 0 unspecified atom stereocenters. The second-order valence-electron chi connectivity index (χ2n) is 10.4. The minimum Gasteiger partial charge on any atom is -0.495 e. The van der Waals surface area contributed by atoms with Crippen molar-refractivity contribution >= 4 is 55.1 Å². The number of anilines is 1. The molecule has 2 amide bonds. The van der Waals surface area contributed by atoms with Crippen LogP contribution in [-0.2, 0) is 32.6 Å². The van der Waals surface area contributed by atoms with Crippen molar-refractivity contribution in [3.05, 3.63) is 93.4 Å². The molecule has 3 aromatic carbocycles. The maximum Gasteiger partial charge on any atom is 0.244 e. The fraction of sp³-hybridized carbons (Fsp3) is 0.355. The molecule has 11 heteroatoms. The third-order valence-corrected chi connectivity index (χ3v) is 9.25. The Morgan fingerprint density at radius 1 is 1.02 bits per heavy atom. The minimum absolute atomic E-state index is 0.0487. The average Bonchev–Trinajstić information content (AvgIpc) is 3.46. The van der Waals surface area contributed by atoms with E-state index in [1.807, 2.05) is 54.6 Å². The molecular weight excluding hydrogens is 642 g/mol. The lowest BCUT2D eigenvalue weighted by Gasteiger charge is -2.34. The van der Waals surface area contributed by atoms with Crippen molar-refractivity contribution in [2.24, 2.45) is 0 Å². The number of hydrogen-bond donors (Lipinski definition) is 1. The molecule has 0 aromatic heterocycles. The molecule has 4 rings (SSSR count). The molecule has 0 aliphatic heterocycles. The fourth-order valence-corrected chi connectivity index (χ4v) is 6.72. The molecule has 1 fully saturated rings. The highest BCUT2D eigenvalue weighted by molar-refractivity contribution is 9.10. The summed E-state index contributed by atoms with van der Waals surface area (Å²) >= 11 is 9.80. The zero-order chi connectivity index (χ0) is 30.3. The SMILES string of the molecule is COc1ccc(N(CC(=O)N(Cc2cccc(Br)c2)[C@@H](Cc2ccccc2)C(=O)NC2CCCC2)S(C)(=O)=O)cc1Cl. The lowest BCUT2D eigenvalue weighted by molar-refractivity contribution is -0.140. The summed E-state index contributed by atoms with van der Waals surface area (Å²) in [5, 5.41) is 3.37. The number of benzene rings is 3. The Bertz CT molecular complexity index is 1500. The van der Waals surface area contributed by atoms with E-state index < -0.39 is 28.5 Å². The van der Waals surface area contributed by atoms with Gasteiger partial charge in [-0.3, -0.25) is 13.9 Å². The van der Waals surface area contributed by atoms with E-state index in [0.29, 0.717) is 5.75 Å². The van der Waals surface area contributed by atoms with Crippen LogP contribution in [-0.4, -0.2) is 57.1 Å². The zero-order valence-electron chi connectivity index (χ0n) is 23.6. The van der Waals surface area contributed by atoms with Gasteiger partial charge in [-0.1, -0.05) is 82.8 Å². The molecule has 3 aromatic rings. The summed E-state index contributed by atoms with van der Waals surface area (Å²) in [6.07, 6.45) is 5.18. The van der Waals surface area contributed by atoms with Crippen LogP contribution < -0.4 is 14.4 Å². The van der Waals surface area contributed by atoms with Gasteiger partial charge in [0.25, 0.3) is 0 Å². The Morgan fingerprint density at radius 3 is 2.33 bits per heavy atom. The summed E-state index contributed by atoms with van der Waals surface area (Å²) < 4.78 is 33.0. The van der Waals surface area contributed by atoms with Crippen molar-refractivity contribution in [1.82, 2.24) is 10.2 Å². The van der Waals surface area contributed by atoms with Gasteiger partial charge in [-0.15, -0.1) is 0 Å². The van der Waals surface area contributed by atoms with Gasteiger partial charge < -0.3 is 15.0 Å². The number of nitrogens with zero attached hydrogens (tertiary/aromatic N) is 2. The molecule has 1 aliphatic carbocycles. The summed E-state index contributed by atoms with van der Waals surface area (Å²) in [6.45, 7) is -0.410. The summed E-state index contributed by atoms with van der Waals surface area (Å²) in [6, 6.07) is 20.7. The van der Waals surface area contributed by atoms with Gasteiger partial charge in [0.05, 0.1) is 24.1 Å². The highest BCUT2D eigenvalue weighted by atomic mass is 79.9. The number of nitrogens with one attached hydrogen (secondary N) is 1. The Labute approximate surface area is 261 Å². The quantitative estimate of drug-likeness (QED) is 0.271. The third-order valence-electron chi connectivity index (χ3n) is 7.32. The minimum atomic E-state index is -3.91. The standard InChI is InChI=1S/C31H35BrClN3O5S/c1-41-29-16-15-26(19-27(29)33)36(42(2,39)40)21-30(37)35(20-23-11-8-12-24(32)17-23)28(18-22-9-4-3-5-10-22)31(38)34-25-13-6-7-14-25/h3-5,8-12,15-17,19,25,28H,6-7,13-14,18,20-21H2,1-2H3,(H,34,38)/t28-/m0/s1. The third kappa shape index (κ3) is 8.49. The van der Waals surface area contributed by atoms with Crippen LogP contribution in [0.5, 0.6) is 5.75 Å². The number of methoxy groups -OCH3 is 1. The maximum atomic E-state index is 14.2. The first-order chi connectivity index (χ1) is 20.0. The molecule has 1 aliphatic rings. The largest absolute Gasteiger partial charge is 0.495 e. The Morgan fingerprint density at radius 2 is 1.71 bits per heavy atom. The highest BCUT2D eigenvalue weighted by Crippen LogP contribution is 2.30. The smallest absolute Gasteiger partial charge is 0.244 e. The van der Waals surface area contributed by atoms with Crippen molar-refractivity contribution < 1.29 is 22.7 Å². The van der Waals surface area contributed by atoms with Crippen LogP contribution in [0.25, 0.3) is 0 Å². The molecule has 0 spiro atoms. The van der Waals surface area contributed by atoms with E-state index in [1.54, 1.807) is 6.07 Å². The Balaban J connectivity index is 1.73. The van der Waals surface area contributed by atoms with Crippen LogP contribution in [0.1, 0.15) is 36.8 Å². The van der Waals surface area contributed by atoms with Gasteiger partial charge in [-0.2, -0.15) is 0 Å². The highest BCUT2D eigenvalue weighted by Gasteiger charge is 2.34. The topological polar surface area (TPSA) is 96.0 Å². The van der Waals surface area contributed by atoms with Crippen LogP contribution in [0.4, 0.5) is 5.69 Å². The van der Waals surface area contributed by atoms with E-state index in [4.69, 9.17) is 16.3 Å².